The first kappa shape index (κ1) is 20.3. The SMILES string of the molecule is C[C@@H]1CCC(C2Nc3cc(F)ccc3O2)CN1.Cc1ccc2c(=N/C=C\C=N)c2c1. The van der Waals surface area contributed by atoms with Crippen molar-refractivity contribution in [3.63, 3.8) is 0 Å². The van der Waals surface area contributed by atoms with E-state index in [0.717, 1.165) is 36.2 Å². The van der Waals surface area contributed by atoms with Crippen LogP contribution < -0.4 is 20.7 Å². The second kappa shape index (κ2) is 8.79. The molecule has 3 aromatic rings. The second-order valence-electron chi connectivity index (χ2n) is 8.00. The number of fused-ring (bicyclic) bond motifs is 2. The summed E-state index contributed by atoms with van der Waals surface area (Å²) in [6, 6.07) is 11.5. The summed E-state index contributed by atoms with van der Waals surface area (Å²) >= 11 is 0. The molecule has 0 aliphatic carbocycles. The van der Waals surface area contributed by atoms with Gasteiger partial charge in [0.25, 0.3) is 0 Å². The Morgan fingerprint density at radius 2 is 2.03 bits per heavy atom. The number of ether oxygens (including phenoxy) is 1. The van der Waals surface area contributed by atoms with Gasteiger partial charge in [-0.2, -0.15) is 0 Å². The van der Waals surface area contributed by atoms with Crippen molar-refractivity contribution in [3.05, 3.63) is 65.4 Å². The average molecular weight is 407 g/mol. The summed E-state index contributed by atoms with van der Waals surface area (Å²) in [6.45, 7) is 5.22. The minimum absolute atomic E-state index is 0.0215. The third-order valence-electron chi connectivity index (χ3n) is 5.63. The zero-order valence-electron chi connectivity index (χ0n) is 17.3. The average Bonchev–Trinajstić information content (AvgIpc) is 3.24. The molecule has 3 aromatic carbocycles. The molecule has 0 aromatic heterocycles. The molecule has 2 aliphatic heterocycles. The second-order valence-corrected chi connectivity index (χ2v) is 8.00. The Balaban J connectivity index is 0.000000151. The van der Waals surface area contributed by atoms with Crippen LogP contribution in [-0.4, -0.2) is 25.0 Å². The summed E-state index contributed by atoms with van der Waals surface area (Å²) in [5.41, 5.74) is 2.04. The van der Waals surface area contributed by atoms with Crippen LogP contribution in [-0.2, 0) is 0 Å². The van der Waals surface area contributed by atoms with Gasteiger partial charge in [0.05, 0.1) is 11.0 Å². The fraction of sp³-hybridized carbons (Fsp3) is 0.333. The lowest BCUT2D eigenvalue weighted by molar-refractivity contribution is 0.145. The van der Waals surface area contributed by atoms with Gasteiger partial charge in [0.15, 0.2) is 6.23 Å². The van der Waals surface area contributed by atoms with E-state index in [-0.39, 0.29) is 12.0 Å². The molecular weight excluding hydrogens is 379 g/mol. The lowest BCUT2D eigenvalue weighted by atomic mass is 9.94. The smallest absolute Gasteiger partial charge is 0.174 e. The topological polar surface area (TPSA) is 69.5 Å². The van der Waals surface area contributed by atoms with Gasteiger partial charge in [0, 0.05) is 47.8 Å². The number of piperidine rings is 1. The maximum Gasteiger partial charge on any atom is 0.174 e. The molecule has 2 heterocycles. The van der Waals surface area contributed by atoms with Crippen molar-refractivity contribution >= 4 is 22.7 Å². The highest BCUT2D eigenvalue weighted by molar-refractivity contribution is 5.97. The van der Waals surface area contributed by atoms with Crippen LogP contribution in [0.1, 0.15) is 25.3 Å². The Bertz CT molecular complexity index is 1090. The monoisotopic (exact) mass is 406 g/mol. The summed E-state index contributed by atoms with van der Waals surface area (Å²) in [6.07, 6.45) is 6.77. The molecule has 3 atom stereocenters. The summed E-state index contributed by atoms with van der Waals surface area (Å²) < 4.78 is 18.9. The van der Waals surface area contributed by atoms with Crippen molar-refractivity contribution in [3.8, 4) is 5.75 Å². The van der Waals surface area contributed by atoms with E-state index >= 15 is 0 Å². The Morgan fingerprint density at radius 3 is 2.77 bits per heavy atom. The fourth-order valence-electron chi connectivity index (χ4n) is 3.84. The normalized spacial score (nSPS) is 23.7. The van der Waals surface area contributed by atoms with Gasteiger partial charge >= 0.3 is 0 Å². The van der Waals surface area contributed by atoms with Gasteiger partial charge in [-0.3, -0.25) is 4.99 Å². The Morgan fingerprint density at radius 1 is 1.17 bits per heavy atom. The summed E-state index contributed by atoms with van der Waals surface area (Å²) in [5, 5.41) is 17.0. The zero-order valence-corrected chi connectivity index (χ0v) is 17.3. The van der Waals surface area contributed by atoms with Gasteiger partial charge in [-0.05, 0) is 51.0 Å². The van der Waals surface area contributed by atoms with Crippen LogP contribution in [0.3, 0.4) is 0 Å². The highest BCUT2D eigenvalue weighted by Crippen LogP contribution is 2.35. The molecule has 1 saturated heterocycles. The molecule has 2 unspecified atom stereocenters. The third-order valence-corrected chi connectivity index (χ3v) is 5.63. The molecule has 0 spiro atoms. The first-order valence-electron chi connectivity index (χ1n) is 10.4. The lowest BCUT2D eigenvalue weighted by Crippen LogP contribution is -2.44. The number of anilines is 1. The number of hydrogen-bond acceptors (Lipinski definition) is 5. The first-order valence-corrected chi connectivity index (χ1v) is 10.4. The largest absolute Gasteiger partial charge is 0.468 e. The van der Waals surface area contributed by atoms with E-state index in [4.69, 9.17) is 10.1 Å². The van der Waals surface area contributed by atoms with Crippen molar-refractivity contribution in [2.45, 2.75) is 39.0 Å². The Labute approximate surface area is 175 Å². The maximum atomic E-state index is 13.1. The molecule has 3 N–H and O–H groups in total. The van der Waals surface area contributed by atoms with E-state index in [1.54, 1.807) is 18.3 Å². The molecule has 0 bridgehead atoms. The van der Waals surface area contributed by atoms with Crippen LogP contribution in [0, 0.1) is 24.1 Å². The Hall–Kier alpha value is -2.99. The molecule has 5 rings (SSSR count). The Kier molecular flexibility index (Phi) is 5.95. The van der Waals surface area contributed by atoms with Crippen molar-refractivity contribution in [1.82, 2.24) is 5.32 Å². The molecule has 30 heavy (non-hydrogen) atoms. The van der Waals surface area contributed by atoms with Crippen LogP contribution in [0.25, 0.3) is 10.8 Å². The van der Waals surface area contributed by atoms with E-state index in [1.807, 2.05) is 0 Å². The predicted octanol–water partition coefficient (Wildman–Crippen LogP) is 4.43. The molecule has 0 radical (unpaired) electrons. The minimum Gasteiger partial charge on any atom is -0.468 e. The van der Waals surface area contributed by atoms with Crippen LogP contribution in [0.2, 0.25) is 0 Å². The van der Waals surface area contributed by atoms with Crippen LogP contribution >= 0.6 is 0 Å². The molecule has 2 aliphatic rings. The van der Waals surface area contributed by atoms with Crippen molar-refractivity contribution in [2.75, 3.05) is 11.9 Å². The zero-order chi connectivity index (χ0) is 21.1. The first-order chi connectivity index (χ1) is 14.5. The number of rotatable bonds is 3. The summed E-state index contributed by atoms with van der Waals surface area (Å²) in [5.74, 6) is 0.979. The van der Waals surface area contributed by atoms with Gasteiger partial charge in [-0.25, -0.2) is 4.39 Å². The van der Waals surface area contributed by atoms with E-state index in [2.05, 4.69) is 47.7 Å². The number of nitrogens with one attached hydrogen (secondary N) is 3. The van der Waals surface area contributed by atoms with Gasteiger partial charge in [-0.15, -0.1) is 0 Å². The minimum atomic E-state index is -0.226. The molecule has 156 valence electrons. The van der Waals surface area contributed by atoms with Gasteiger partial charge in [0.1, 0.15) is 11.6 Å². The van der Waals surface area contributed by atoms with Crippen LogP contribution in [0.5, 0.6) is 5.75 Å². The van der Waals surface area contributed by atoms with Crippen LogP contribution in [0.4, 0.5) is 10.1 Å². The van der Waals surface area contributed by atoms with Crippen molar-refractivity contribution < 1.29 is 9.13 Å². The molecule has 6 heteroatoms. The number of hydrogen-bond donors (Lipinski definition) is 3. The molecule has 0 saturated carbocycles. The van der Waals surface area contributed by atoms with E-state index in [1.165, 1.54) is 34.7 Å². The molecule has 0 amide bonds. The predicted molar refractivity (Wildman–Crippen MR) is 119 cm³/mol. The number of allylic oxidation sites excluding steroid dienone is 1. The molecule has 1 fully saturated rings. The number of benzene rings is 2. The molecular formula is C24H27FN4O. The number of aryl methyl sites for hydroxylation is 1. The van der Waals surface area contributed by atoms with Gasteiger partial charge in [-0.1, -0.05) is 17.7 Å². The summed E-state index contributed by atoms with van der Waals surface area (Å²) in [4.78, 5) is 4.22. The highest BCUT2D eigenvalue weighted by atomic mass is 19.1. The van der Waals surface area contributed by atoms with Crippen molar-refractivity contribution in [1.29, 1.82) is 5.41 Å². The van der Waals surface area contributed by atoms with E-state index in [9.17, 15) is 4.39 Å². The summed E-state index contributed by atoms with van der Waals surface area (Å²) in [7, 11) is 0. The molecule has 5 nitrogen and oxygen atoms in total. The van der Waals surface area contributed by atoms with Crippen molar-refractivity contribution in [2.24, 2.45) is 10.9 Å². The highest BCUT2D eigenvalue weighted by Gasteiger charge is 2.32. The van der Waals surface area contributed by atoms with Crippen LogP contribution in [0.15, 0.2) is 53.7 Å². The van der Waals surface area contributed by atoms with E-state index < -0.39 is 0 Å². The van der Waals surface area contributed by atoms with Gasteiger partial charge < -0.3 is 20.8 Å². The fourth-order valence-corrected chi connectivity index (χ4v) is 3.84. The number of halogens is 1. The lowest BCUT2D eigenvalue weighted by Gasteiger charge is -2.31. The van der Waals surface area contributed by atoms with E-state index in [0.29, 0.717) is 12.0 Å². The quantitative estimate of drug-likeness (QED) is 0.564. The standard InChI is InChI=1S/C13H17FN2O.C11H10N2/c1-8-2-3-9(7-15-8)13-16-11-6-10(14)4-5-12(11)17-13;1-8-3-4-9-10(7-8)11(9)13-6-2-5-12/h4-6,8-9,13,15-16H,2-3,7H2,1H3;2-7,12H,1H3/b;6-2-,12-5?,13-11?/t8-,9?,13?;/m1./s1. The third kappa shape index (κ3) is 4.60. The maximum absolute atomic E-state index is 13.1. The number of nitrogens with zero attached hydrogens (tertiary/aromatic N) is 1. The van der Waals surface area contributed by atoms with Gasteiger partial charge in [0.2, 0.25) is 0 Å².